The monoisotopic (exact) mass is 514 g/mol. The van der Waals surface area contributed by atoms with Crippen LogP contribution >= 0.6 is 0 Å². The molecule has 0 radical (unpaired) electrons. The van der Waals surface area contributed by atoms with Crippen LogP contribution in [0.5, 0.6) is 17.2 Å². The van der Waals surface area contributed by atoms with Crippen LogP contribution in [0.25, 0.3) is 5.69 Å². The van der Waals surface area contributed by atoms with Crippen molar-refractivity contribution in [1.82, 2.24) is 9.78 Å². The van der Waals surface area contributed by atoms with Gasteiger partial charge in [-0.3, -0.25) is 9.59 Å². The highest BCUT2D eigenvalue weighted by atomic mass is 16.5. The predicted molar refractivity (Wildman–Crippen MR) is 146 cm³/mol. The quantitative estimate of drug-likeness (QED) is 0.308. The lowest BCUT2D eigenvalue weighted by molar-refractivity contribution is -0.116. The average molecular weight is 515 g/mol. The Balaban J connectivity index is 1.42. The number of hydrogen-bond donors (Lipinski definition) is 2. The number of benzene rings is 3. The molecule has 0 saturated carbocycles. The number of anilines is 2. The highest BCUT2D eigenvalue weighted by Crippen LogP contribution is 2.40. The second-order valence-electron chi connectivity index (χ2n) is 8.63. The zero-order chi connectivity index (χ0) is 27.1. The molecule has 4 aromatic rings. The van der Waals surface area contributed by atoms with Crippen molar-refractivity contribution < 1.29 is 23.8 Å². The first kappa shape index (κ1) is 26.3. The maximum Gasteiger partial charge on any atom is 0.255 e. The molecule has 0 saturated heterocycles. The molecule has 38 heavy (non-hydrogen) atoms. The molecule has 0 unspecified atom stereocenters. The first-order chi connectivity index (χ1) is 18.4. The van der Waals surface area contributed by atoms with Gasteiger partial charge in [-0.15, -0.1) is 0 Å². The number of ether oxygens (including phenoxy) is 3. The van der Waals surface area contributed by atoms with Crippen molar-refractivity contribution in [3.8, 4) is 22.9 Å². The van der Waals surface area contributed by atoms with Crippen molar-refractivity contribution in [3.63, 3.8) is 0 Å². The molecule has 0 spiro atoms. The third-order valence-corrected chi connectivity index (χ3v) is 5.89. The fraction of sp³-hybridized carbons (Fsp3) is 0.207. The number of carbonyl (C=O) groups excluding carboxylic acids is 2. The van der Waals surface area contributed by atoms with E-state index >= 15 is 0 Å². The number of nitrogens with one attached hydrogen (secondary N) is 2. The third-order valence-electron chi connectivity index (χ3n) is 5.89. The zero-order valence-electron chi connectivity index (χ0n) is 21.8. The standard InChI is InChI=1S/C29H30N4O5/c1-19-7-5-8-20(13-19)11-12-27(34)31-23-17-30-33(18-23)24-10-6-9-21(14-24)29(35)32-22-15-25(36-2)28(38-4)26(16-22)37-3/h5-10,13-18H,11-12H2,1-4H3,(H,31,34)(H,32,35). The van der Waals surface area contributed by atoms with Gasteiger partial charge in [0, 0.05) is 29.8 Å². The Bertz CT molecular complexity index is 1420. The van der Waals surface area contributed by atoms with E-state index in [9.17, 15) is 9.59 Å². The highest BCUT2D eigenvalue weighted by molar-refractivity contribution is 6.05. The smallest absolute Gasteiger partial charge is 0.255 e. The molecule has 0 fully saturated rings. The van der Waals surface area contributed by atoms with Gasteiger partial charge in [-0.25, -0.2) is 4.68 Å². The van der Waals surface area contributed by atoms with Crippen LogP contribution in [0.3, 0.4) is 0 Å². The molecule has 1 heterocycles. The minimum Gasteiger partial charge on any atom is -0.493 e. The second-order valence-corrected chi connectivity index (χ2v) is 8.63. The highest BCUT2D eigenvalue weighted by Gasteiger charge is 2.16. The van der Waals surface area contributed by atoms with E-state index in [0.29, 0.717) is 52.7 Å². The lowest BCUT2D eigenvalue weighted by atomic mass is 10.1. The summed E-state index contributed by atoms with van der Waals surface area (Å²) in [6.07, 6.45) is 4.31. The molecule has 3 aromatic carbocycles. The van der Waals surface area contributed by atoms with E-state index in [1.807, 2.05) is 31.2 Å². The van der Waals surface area contributed by atoms with Crippen LogP contribution in [0.15, 0.2) is 73.1 Å². The van der Waals surface area contributed by atoms with Crippen molar-refractivity contribution >= 4 is 23.2 Å². The predicted octanol–water partition coefficient (Wildman–Crippen LogP) is 5.03. The summed E-state index contributed by atoms with van der Waals surface area (Å²) in [6, 6.07) is 18.4. The van der Waals surface area contributed by atoms with Crippen LogP contribution in [0.4, 0.5) is 11.4 Å². The van der Waals surface area contributed by atoms with Gasteiger partial charge in [0.1, 0.15) is 0 Å². The van der Waals surface area contributed by atoms with Gasteiger partial charge in [-0.2, -0.15) is 5.10 Å². The van der Waals surface area contributed by atoms with Crippen LogP contribution in [0.2, 0.25) is 0 Å². The summed E-state index contributed by atoms with van der Waals surface area (Å²) in [5.74, 6) is 0.885. The summed E-state index contributed by atoms with van der Waals surface area (Å²) < 4.78 is 17.7. The van der Waals surface area contributed by atoms with E-state index in [-0.39, 0.29) is 11.8 Å². The molecule has 2 amide bonds. The number of aromatic nitrogens is 2. The van der Waals surface area contributed by atoms with Crippen molar-refractivity contribution in [2.24, 2.45) is 0 Å². The van der Waals surface area contributed by atoms with E-state index in [4.69, 9.17) is 14.2 Å². The Labute approximate surface area is 221 Å². The molecule has 1 aromatic heterocycles. The van der Waals surface area contributed by atoms with Gasteiger partial charge < -0.3 is 24.8 Å². The van der Waals surface area contributed by atoms with Gasteiger partial charge in [0.05, 0.1) is 45.1 Å². The lowest BCUT2D eigenvalue weighted by Crippen LogP contribution is -2.13. The van der Waals surface area contributed by atoms with Crippen molar-refractivity contribution in [2.45, 2.75) is 19.8 Å². The fourth-order valence-electron chi connectivity index (χ4n) is 4.02. The van der Waals surface area contributed by atoms with Crippen molar-refractivity contribution in [2.75, 3.05) is 32.0 Å². The minimum absolute atomic E-state index is 0.0930. The number of nitrogens with zero attached hydrogens (tertiary/aromatic N) is 2. The number of carbonyl (C=O) groups is 2. The van der Waals surface area contributed by atoms with Crippen molar-refractivity contribution in [1.29, 1.82) is 0 Å². The topological polar surface area (TPSA) is 104 Å². The van der Waals surface area contributed by atoms with Crippen molar-refractivity contribution in [3.05, 3.63) is 89.7 Å². The SMILES string of the molecule is COc1cc(NC(=O)c2cccc(-n3cc(NC(=O)CCc4cccc(C)c4)cn3)c2)cc(OC)c1OC. The molecule has 196 valence electrons. The maximum absolute atomic E-state index is 13.0. The average Bonchev–Trinajstić information content (AvgIpc) is 3.39. The van der Waals surface area contributed by atoms with Crippen LogP contribution in [-0.2, 0) is 11.2 Å². The molecule has 9 heteroatoms. The Morgan fingerprint density at radius 1 is 0.868 bits per heavy atom. The van der Waals surface area contributed by atoms with Crippen LogP contribution in [0.1, 0.15) is 27.9 Å². The van der Waals surface area contributed by atoms with E-state index in [2.05, 4.69) is 21.8 Å². The molecular formula is C29H30N4O5. The number of methoxy groups -OCH3 is 3. The van der Waals surface area contributed by atoms with Crippen LogP contribution < -0.4 is 24.8 Å². The first-order valence-electron chi connectivity index (χ1n) is 12.0. The number of rotatable bonds is 10. The normalized spacial score (nSPS) is 10.5. The second kappa shape index (κ2) is 12.0. The molecule has 4 rings (SSSR count). The molecule has 0 aliphatic rings. The molecular weight excluding hydrogens is 484 g/mol. The maximum atomic E-state index is 13.0. The fourth-order valence-corrected chi connectivity index (χ4v) is 4.02. The summed E-state index contributed by atoms with van der Waals surface area (Å²) >= 11 is 0. The minimum atomic E-state index is -0.321. The largest absolute Gasteiger partial charge is 0.493 e. The van der Waals surface area contributed by atoms with E-state index in [0.717, 1.165) is 5.56 Å². The Morgan fingerprint density at radius 3 is 2.29 bits per heavy atom. The number of aryl methyl sites for hydroxylation is 2. The Morgan fingerprint density at radius 2 is 1.61 bits per heavy atom. The summed E-state index contributed by atoms with van der Waals surface area (Å²) in [6.45, 7) is 2.03. The van der Waals surface area contributed by atoms with Crippen LogP contribution in [0, 0.1) is 6.92 Å². The van der Waals surface area contributed by atoms with Gasteiger partial charge in [-0.1, -0.05) is 35.9 Å². The third kappa shape index (κ3) is 6.31. The first-order valence-corrected chi connectivity index (χ1v) is 12.0. The molecule has 9 nitrogen and oxygen atoms in total. The molecule has 0 bridgehead atoms. The van der Waals surface area contributed by atoms with Crippen LogP contribution in [-0.4, -0.2) is 42.9 Å². The Kier molecular flexibility index (Phi) is 8.27. The summed E-state index contributed by atoms with van der Waals surface area (Å²) in [5, 5.41) is 10.1. The van der Waals surface area contributed by atoms with Gasteiger partial charge >= 0.3 is 0 Å². The summed E-state index contributed by atoms with van der Waals surface area (Å²) in [5.41, 5.74) is 4.45. The zero-order valence-corrected chi connectivity index (χ0v) is 21.8. The lowest BCUT2D eigenvalue weighted by Gasteiger charge is -2.14. The number of amides is 2. The van der Waals surface area contributed by atoms with Gasteiger partial charge in [-0.05, 0) is 37.1 Å². The summed E-state index contributed by atoms with van der Waals surface area (Å²) in [7, 11) is 4.54. The molecule has 0 aliphatic carbocycles. The Hall–Kier alpha value is -4.79. The molecule has 2 N–H and O–H groups in total. The number of hydrogen-bond acceptors (Lipinski definition) is 6. The van der Waals surface area contributed by atoms with E-state index in [1.165, 1.54) is 26.9 Å². The van der Waals surface area contributed by atoms with Gasteiger partial charge in [0.25, 0.3) is 5.91 Å². The summed E-state index contributed by atoms with van der Waals surface area (Å²) in [4.78, 5) is 25.4. The van der Waals surface area contributed by atoms with E-state index in [1.54, 1.807) is 47.4 Å². The molecule has 0 aliphatic heterocycles. The van der Waals surface area contributed by atoms with E-state index < -0.39 is 0 Å². The molecule has 0 atom stereocenters. The van der Waals surface area contributed by atoms with Gasteiger partial charge in [0.2, 0.25) is 11.7 Å². The van der Waals surface area contributed by atoms with Gasteiger partial charge in [0.15, 0.2) is 11.5 Å².